The highest BCUT2D eigenvalue weighted by Gasteiger charge is 2.09. The van der Waals surface area contributed by atoms with Crippen molar-refractivity contribution in [3.63, 3.8) is 0 Å². The number of hydrogen-bond acceptors (Lipinski definition) is 6. The molecule has 9 heteroatoms. The molecular formula is C19H14BrN5O2S. The predicted octanol–water partition coefficient (Wildman–Crippen LogP) is 4.84. The molecule has 140 valence electrons. The number of hydrogen-bond donors (Lipinski definition) is 1. The van der Waals surface area contributed by atoms with Crippen LogP contribution in [0, 0.1) is 6.92 Å². The molecule has 1 N–H and O–H groups in total. The third kappa shape index (κ3) is 4.10. The van der Waals surface area contributed by atoms with Crippen molar-refractivity contribution in [3.8, 4) is 17.4 Å². The van der Waals surface area contributed by atoms with Crippen LogP contribution in [0.4, 0.5) is 5.69 Å². The number of imidazole rings is 1. The first-order valence-electron chi connectivity index (χ1n) is 8.24. The fourth-order valence-electron chi connectivity index (χ4n) is 2.49. The second kappa shape index (κ2) is 7.91. The normalized spacial score (nSPS) is 10.6. The second-order valence-electron chi connectivity index (χ2n) is 5.77. The van der Waals surface area contributed by atoms with Crippen LogP contribution in [0.1, 0.15) is 15.5 Å². The van der Waals surface area contributed by atoms with E-state index in [1.54, 1.807) is 42.6 Å². The number of nitrogens with one attached hydrogen (secondary N) is 1. The molecule has 0 bridgehead atoms. The van der Waals surface area contributed by atoms with E-state index in [1.165, 1.54) is 17.7 Å². The standard InChI is InChI=1S/C19H14BrN5O2S/c1-12-21-6-7-25(12)17-9-18(23-11-22-17)27-15-4-2-14(3-5-15)24-19(26)16-8-13(20)10-28-16/h2-11H,1H3,(H,24,26). The number of aromatic nitrogens is 4. The molecule has 0 aliphatic heterocycles. The maximum atomic E-state index is 12.2. The number of nitrogens with zero attached hydrogens (tertiary/aromatic N) is 4. The van der Waals surface area contributed by atoms with Gasteiger partial charge in [0, 0.05) is 34.0 Å². The smallest absolute Gasteiger partial charge is 0.265 e. The van der Waals surface area contributed by atoms with Crippen LogP contribution in [0.25, 0.3) is 5.82 Å². The van der Waals surface area contributed by atoms with Crippen molar-refractivity contribution in [1.29, 1.82) is 0 Å². The van der Waals surface area contributed by atoms with Gasteiger partial charge in [0.05, 0.1) is 4.88 Å². The lowest BCUT2D eigenvalue weighted by Crippen LogP contribution is -2.09. The lowest BCUT2D eigenvalue weighted by Gasteiger charge is -2.08. The molecule has 0 aliphatic rings. The summed E-state index contributed by atoms with van der Waals surface area (Å²) in [5.41, 5.74) is 0.680. The summed E-state index contributed by atoms with van der Waals surface area (Å²) in [5, 5.41) is 4.72. The number of aryl methyl sites for hydroxylation is 1. The number of ether oxygens (including phenoxy) is 1. The molecule has 3 aromatic heterocycles. The molecule has 0 aliphatic carbocycles. The largest absolute Gasteiger partial charge is 0.439 e. The Balaban J connectivity index is 1.45. The van der Waals surface area contributed by atoms with Gasteiger partial charge in [0.2, 0.25) is 5.88 Å². The topological polar surface area (TPSA) is 81.9 Å². The summed E-state index contributed by atoms with van der Waals surface area (Å²) in [6, 6.07) is 10.6. The minimum absolute atomic E-state index is 0.152. The van der Waals surface area contributed by atoms with Crippen LogP contribution < -0.4 is 10.1 Å². The monoisotopic (exact) mass is 455 g/mol. The first kappa shape index (κ1) is 18.3. The number of amides is 1. The van der Waals surface area contributed by atoms with E-state index in [0.29, 0.717) is 28.0 Å². The molecule has 0 saturated carbocycles. The van der Waals surface area contributed by atoms with Gasteiger partial charge in [-0.2, -0.15) is 0 Å². The molecule has 4 rings (SSSR count). The van der Waals surface area contributed by atoms with Gasteiger partial charge in [0.25, 0.3) is 5.91 Å². The molecule has 7 nitrogen and oxygen atoms in total. The van der Waals surface area contributed by atoms with Gasteiger partial charge in [0.1, 0.15) is 23.7 Å². The molecule has 1 amide bonds. The van der Waals surface area contributed by atoms with Gasteiger partial charge in [-0.05, 0) is 53.2 Å². The molecule has 4 aromatic rings. The number of halogens is 1. The molecular weight excluding hydrogens is 442 g/mol. The van der Waals surface area contributed by atoms with E-state index >= 15 is 0 Å². The molecule has 0 unspecified atom stereocenters. The van der Waals surface area contributed by atoms with Crippen molar-refractivity contribution in [1.82, 2.24) is 19.5 Å². The van der Waals surface area contributed by atoms with Crippen LogP contribution in [0.2, 0.25) is 0 Å². The van der Waals surface area contributed by atoms with Crippen molar-refractivity contribution < 1.29 is 9.53 Å². The zero-order chi connectivity index (χ0) is 19.5. The third-order valence-electron chi connectivity index (χ3n) is 3.83. The van der Waals surface area contributed by atoms with E-state index < -0.39 is 0 Å². The van der Waals surface area contributed by atoms with Gasteiger partial charge in [-0.1, -0.05) is 0 Å². The molecule has 0 fully saturated rings. The van der Waals surface area contributed by atoms with Crippen molar-refractivity contribution in [2.45, 2.75) is 6.92 Å². The SMILES string of the molecule is Cc1nccn1-c1cc(Oc2ccc(NC(=O)c3cc(Br)cs3)cc2)ncn1. The Kier molecular flexibility index (Phi) is 5.18. The third-order valence-corrected chi connectivity index (χ3v) is 5.52. The summed E-state index contributed by atoms with van der Waals surface area (Å²) in [4.78, 5) is 25.4. The van der Waals surface area contributed by atoms with Crippen molar-refractivity contribution in [2.24, 2.45) is 0 Å². The summed E-state index contributed by atoms with van der Waals surface area (Å²) >= 11 is 4.73. The molecule has 0 radical (unpaired) electrons. The Morgan fingerprint density at radius 1 is 1.18 bits per heavy atom. The van der Waals surface area contributed by atoms with E-state index in [4.69, 9.17) is 4.74 Å². The summed E-state index contributed by atoms with van der Waals surface area (Å²) in [5.74, 6) is 2.36. The fourth-order valence-corrected chi connectivity index (χ4v) is 3.81. The highest BCUT2D eigenvalue weighted by Crippen LogP contribution is 2.24. The molecule has 0 saturated heterocycles. The van der Waals surface area contributed by atoms with E-state index in [1.807, 2.05) is 23.1 Å². The zero-order valence-corrected chi connectivity index (χ0v) is 17.1. The number of carbonyl (C=O) groups excluding carboxylic acids is 1. The fraction of sp³-hybridized carbons (Fsp3) is 0.0526. The molecule has 0 atom stereocenters. The van der Waals surface area contributed by atoms with Crippen LogP contribution in [-0.2, 0) is 0 Å². The number of carbonyl (C=O) groups is 1. The molecule has 3 heterocycles. The maximum absolute atomic E-state index is 12.2. The summed E-state index contributed by atoms with van der Waals surface area (Å²) in [6.07, 6.45) is 4.97. The van der Waals surface area contributed by atoms with Crippen molar-refractivity contribution >= 4 is 38.9 Å². The minimum atomic E-state index is -0.152. The van der Waals surface area contributed by atoms with Crippen molar-refractivity contribution in [2.75, 3.05) is 5.32 Å². The highest BCUT2D eigenvalue weighted by atomic mass is 79.9. The number of benzene rings is 1. The number of anilines is 1. The van der Waals surface area contributed by atoms with Crippen LogP contribution in [-0.4, -0.2) is 25.4 Å². The average molecular weight is 456 g/mol. The maximum Gasteiger partial charge on any atom is 0.265 e. The lowest BCUT2D eigenvalue weighted by molar-refractivity contribution is 0.103. The van der Waals surface area contributed by atoms with Crippen LogP contribution in [0.5, 0.6) is 11.6 Å². The van der Waals surface area contributed by atoms with Crippen LogP contribution in [0.3, 0.4) is 0 Å². The Hall–Kier alpha value is -3.04. The van der Waals surface area contributed by atoms with Gasteiger partial charge < -0.3 is 10.1 Å². The zero-order valence-electron chi connectivity index (χ0n) is 14.7. The Morgan fingerprint density at radius 3 is 2.68 bits per heavy atom. The van der Waals surface area contributed by atoms with E-state index in [-0.39, 0.29) is 5.91 Å². The summed E-state index contributed by atoms with van der Waals surface area (Å²) in [7, 11) is 0. The summed E-state index contributed by atoms with van der Waals surface area (Å²) in [6.45, 7) is 1.89. The molecule has 0 spiro atoms. The Morgan fingerprint density at radius 2 is 2.00 bits per heavy atom. The van der Waals surface area contributed by atoms with Crippen molar-refractivity contribution in [3.05, 3.63) is 75.7 Å². The second-order valence-corrected chi connectivity index (χ2v) is 7.60. The minimum Gasteiger partial charge on any atom is -0.439 e. The number of rotatable bonds is 5. The summed E-state index contributed by atoms with van der Waals surface area (Å²) < 4.78 is 8.54. The van der Waals surface area contributed by atoms with Crippen LogP contribution >= 0.6 is 27.3 Å². The van der Waals surface area contributed by atoms with Gasteiger partial charge in [-0.3, -0.25) is 9.36 Å². The van der Waals surface area contributed by atoms with Gasteiger partial charge in [-0.25, -0.2) is 15.0 Å². The van der Waals surface area contributed by atoms with E-state index in [9.17, 15) is 4.79 Å². The van der Waals surface area contributed by atoms with E-state index in [2.05, 4.69) is 36.2 Å². The Labute approximate surface area is 173 Å². The van der Waals surface area contributed by atoms with Gasteiger partial charge in [-0.15, -0.1) is 11.3 Å². The first-order valence-corrected chi connectivity index (χ1v) is 9.91. The number of thiophene rings is 1. The van der Waals surface area contributed by atoms with E-state index in [0.717, 1.165) is 10.3 Å². The Bertz CT molecular complexity index is 1120. The molecule has 28 heavy (non-hydrogen) atoms. The molecule has 1 aromatic carbocycles. The van der Waals surface area contributed by atoms with Crippen LogP contribution in [0.15, 0.2) is 65.0 Å². The first-order chi connectivity index (χ1) is 13.6. The quantitative estimate of drug-likeness (QED) is 0.465. The van der Waals surface area contributed by atoms with Gasteiger partial charge in [0.15, 0.2) is 0 Å². The average Bonchev–Trinajstić information content (AvgIpc) is 3.32. The van der Waals surface area contributed by atoms with Gasteiger partial charge >= 0.3 is 0 Å². The lowest BCUT2D eigenvalue weighted by atomic mass is 10.3. The predicted molar refractivity (Wildman–Crippen MR) is 110 cm³/mol. The highest BCUT2D eigenvalue weighted by molar-refractivity contribution is 9.10.